The van der Waals surface area contributed by atoms with Crippen molar-refractivity contribution in [2.24, 2.45) is 0 Å². The molecule has 86 valence electrons. The number of carbonyl (C=O) groups is 1. The molecule has 1 N–H and O–H groups in total. The van der Waals surface area contributed by atoms with Crippen LogP contribution < -0.4 is 0 Å². The molecule has 1 rings (SSSR count). The van der Waals surface area contributed by atoms with Crippen LogP contribution in [-0.2, 0) is 5.41 Å². The Balaban J connectivity index is 3.51. The fraction of sp³-hybridized carbons (Fsp3) is 0.308. The van der Waals surface area contributed by atoms with Gasteiger partial charge in [0.2, 0.25) is 0 Å². The molecule has 0 unspecified atom stereocenters. The third kappa shape index (κ3) is 2.73. The average molecular weight is 283 g/mol. The standard InChI is InChI=1S/C13H15BrO2/c1-13(2,3)11-6-4-5-10(12(15)16)9(11)7-8-14/h4-8H,1-3H3,(H,15,16). The van der Waals surface area contributed by atoms with Gasteiger partial charge in [-0.25, -0.2) is 4.79 Å². The maximum Gasteiger partial charge on any atom is 0.336 e. The highest BCUT2D eigenvalue weighted by molar-refractivity contribution is 9.11. The van der Waals surface area contributed by atoms with Crippen LogP contribution in [0.2, 0.25) is 0 Å². The molecule has 16 heavy (non-hydrogen) atoms. The van der Waals surface area contributed by atoms with E-state index < -0.39 is 5.97 Å². The van der Waals surface area contributed by atoms with Crippen molar-refractivity contribution in [1.82, 2.24) is 0 Å². The van der Waals surface area contributed by atoms with Crippen molar-refractivity contribution in [2.75, 3.05) is 0 Å². The summed E-state index contributed by atoms with van der Waals surface area (Å²) >= 11 is 3.20. The largest absolute Gasteiger partial charge is 0.478 e. The summed E-state index contributed by atoms with van der Waals surface area (Å²) in [6.45, 7) is 6.21. The average Bonchev–Trinajstić information content (AvgIpc) is 2.16. The molecule has 0 aliphatic carbocycles. The van der Waals surface area contributed by atoms with Crippen molar-refractivity contribution < 1.29 is 9.90 Å². The van der Waals surface area contributed by atoms with E-state index in [-0.39, 0.29) is 5.41 Å². The molecule has 0 saturated heterocycles. The highest BCUT2D eigenvalue weighted by Gasteiger charge is 2.20. The molecule has 3 heteroatoms. The third-order valence-corrected chi connectivity index (χ3v) is 2.64. The molecule has 0 amide bonds. The summed E-state index contributed by atoms with van der Waals surface area (Å²) in [5, 5.41) is 9.13. The van der Waals surface area contributed by atoms with Gasteiger partial charge in [-0.3, -0.25) is 0 Å². The fourth-order valence-corrected chi connectivity index (χ4v) is 1.91. The van der Waals surface area contributed by atoms with Crippen LogP contribution in [0.25, 0.3) is 6.08 Å². The van der Waals surface area contributed by atoms with Gasteiger partial charge in [0.05, 0.1) is 5.56 Å². The van der Waals surface area contributed by atoms with Crippen molar-refractivity contribution >= 4 is 28.0 Å². The van der Waals surface area contributed by atoms with Gasteiger partial charge in [0, 0.05) is 0 Å². The second kappa shape index (κ2) is 4.83. The summed E-state index contributed by atoms with van der Waals surface area (Å²) in [7, 11) is 0. The van der Waals surface area contributed by atoms with Gasteiger partial charge in [-0.2, -0.15) is 0 Å². The summed E-state index contributed by atoms with van der Waals surface area (Å²) < 4.78 is 0. The van der Waals surface area contributed by atoms with E-state index in [0.29, 0.717) is 5.56 Å². The molecule has 1 aromatic rings. The van der Waals surface area contributed by atoms with E-state index in [9.17, 15) is 4.79 Å². The lowest BCUT2D eigenvalue weighted by Crippen LogP contribution is -2.15. The minimum Gasteiger partial charge on any atom is -0.478 e. The molecule has 0 aromatic heterocycles. The molecule has 0 radical (unpaired) electrons. The number of hydrogen-bond donors (Lipinski definition) is 1. The molecule has 0 aliphatic rings. The number of carboxylic acids is 1. The zero-order valence-corrected chi connectivity index (χ0v) is 11.2. The lowest BCUT2D eigenvalue weighted by molar-refractivity contribution is 0.0696. The number of benzene rings is 1. The summed E-state index contributed by atoms with van der Waals surface area (Å²) in [5.74, 6) is -0.897. The number of aromatic carboxylic acids is 1. The van der Waals surface area contributed by atoms with Gasteiger partial charge in [0.25, 0.3) is 0 Å². The van der Waals surface area contributed by atoms with E-state index in [1.165, 1.54) is 0 Å². The van der Waals surface area contributed by atoms with Crippen LogP contribution in [0.3, 0.4) is 0 Å². The first-order valence-electron chi connectivity index (χ1n) is 5.01. The van der Waals surface area contributed by atoms with Crippen LogP contribution >= 0.6 is 15.9 Å². The quantitative estimate of drug-likeness (QED) is 0.889. The molecule has 0 bridgehead atoms. The molecule has 0 saturated carbocycles. The molecular weight excluding hydrogens is 268 g/mol. The Labute approximate surface area is 104 Å². The smallest absolute Gasteiger partial charge is 0.336 e. The van der Waals surface area contributed by atoms with E-state index >= 15 is 0 Å². The van der Waals surface area contributed by atoms with Gasteiger partial charge < -0.3 is 5.11 Å². The predicted molar refractivity (Wildman–Crippen MR) is 70.1 cm³/mol. The zero-order chi connectivity index (χ0) is 12.3. The molecule has 0 atom stereocenters. The summed E-state index contributed by atoms with van der Waals surface area (Å²) in [6, 6.07) is 5.38. The lowest BCUT2D eigenvalue weighted by atomic mass is 9.82. The molecule has 0 aliphatic heterocycles. The summed E-state index contributed by atoms with van der Waals surface area (Å²) in [6.07, 6.45) is 1.78. The van der Waals surface area contributed by atoms with Gasteiger partial charge in [0.15, 0.2) is 0 Å². The number of rotatable bonds is 2. The Morgan fingerprint density at radius 3 is 2.44 bits per heavy atom. The topological polar surface area (TPSA) is 37.3 Å². The lowest BCUT2D eigenvalue weighted by Gasteiger charge is -2.22. The zero-order valence-electron chi connectivity index (χ0n) is 9.62. The van der Waals surface area contributed by atoms with Crippen LogP contribution in [0.15, 0.2) is 23.2 Å². The predicted octanol–water partition coefficient (Wildman–Crippen LogP) is 4.05. The van der Waals surface area contributed by atoms with E-state index in [4.69, 9.17) is 5.11 Å². The van der Waals surface area contributed by atoms with Crippen LogP contribution in [0, 0.1) is 0 Å². The first-order chi connectivity index (χ1) is 7.38. The van der Waals surface area contributed by atoms with Gasteiger partial charge in [-0.15, -0.1) is 0 Å². The maximum absolute atomic E-state index is 11.1. The second-order valence-electron chi connectivity index (χ2n) is 4.61. The van der Waals surface area contributed by atoms with Crippen LogP contribution in [-0.4, -0.2) is 11.1 Å². The minimum atomic E-state index is -0.897. The van der Waals surface area contributed by atoms with Gasteiger partial charge in [0.1, 0.15) is 0 Å². The molecule has 0 heterocycles. The molecule has 0 fully saturated rings. The summed E-state index contributed by atoms with van der Waals surface area (Å²) in [5.41, 5.74) is 2.05. The van der Waals surface area contributed by atoms with E-state index in [1.807, 2.05) is 6.07 Å². The number of halogens is 1. The Morgan fingerprint density at radius 2 is 2.00 bits per heavy atom. The minimum absolute atomic E-state index is 0.0761. The van der Waals surface area contributed by atoms with Crippen molar-refractivity contribution in [3.8, 4) is 0 Å². The highest BCUT2D eigenvalue weighted by Crippen LogP contribution is 2.29. The highest BCUT2D eigenvalue weighted by atomic mass is 79.9. The Kier molecular flexibility index (Phi) is 3.92. The first-order valence-corrected chi connectivity index (χ1v) is 5.93. The van der Waals surface area contributed by atoms with Gasteiger partial charge in [-0.1, -0.05) is 48.8 Å². The van der Waals surface area contributed by atoms with Crippen LogP contribution in [0.4, 0.5) is 0 Å². The number of hydrogen-bond acceptors (Lipinski definition) is 1. The van der Waals surface area contributed by atoms with Crippen molar-refractivity contribution in [3.63, 3.8) is 0 Å². The molecule has 0 spiro atoms. The second-order valence-corrected chi connectivity index (χ2v) is 5.14. The number of carboxylic acid groups (broad SMARTS) is 1. The molecule has 1 aromatic carbocycles. The SMILES string of the molecule is CC(C)(C)c1cccc(C(=O)O)c1C=CBr. The van der Waals surface area contributed by atoms with Crippen LogP contribution in [0.1, 0.15) is 42.3 Å². The van der Waals surface area contributed by atoms with E-state index in [1.54, 1.807) is 23.2 Å². The Morgan fingerprint density at radius 1 is 1.38 bits per heavy atom. The maximum atomic E-state index is 11.1. The fourth-order valence-electron chi connectivity index (χ4n) is 1.65. The van der Waals surface area contributed by atoms with Crippen molar-refractivity contribution in [3.05, 3.63) is 39.9 Å². The van der Waals surface area contributed by atoms with Gasteiger partial charge in [-0.05, 0) is 33.7 Å². The monoisotopic (exact) mass is 282 g/mol. The van der Waals surface area contributed by atoms with E-state index in [2.05, 4.69) is 36.7 Å². The third-order valence-electron chi connectivity index (χ3n) is 2.37. The Bertz CT molecular complexity index is 428. The molecular formula is C13H15BrO2. The van der Waals surface area contributed by atoms with Crippen molar-refractivity contribution in [1.29, 1.82) is 0 Å². The van der Waals surface area contributed by atoms with E-state index in [0.717, 1.165) is 11.1 Å². The Hall–Kier alpha value is -1.09. The summed E-state index contributed by atoms with van der Waals surface area (Å²) in [4.78, 5) is 12.8. The first kappa shape index (κ1) is 13.0. The normalized spacial score (nSPS) is 12.0. The van der Waals surface area contributed by atoms with Gasteiger partial charge >= 0.3 is 5.97 Å². The van der Waals surface area contributed by atoms with Crippen LogP contribution in [0.5, 0.6) is 0 Å². The van der Waals surface area contributed by atoms with Crippen molar-refractivity contribution in [2.45, 2.75) is 26.2 Å². The molecule has 2 nitrogen and oxygen atoms in total.